The third-order valence-electron chi connectivity index (χ3n) is 3.15. The van der Waals surface area contributed by atoms with Crippen LogP contribution in [-0.4, -0.2) is 25.5 Å². The van der Waals surface area contributed by atoms with Crippen molar-refractivity contribution in [3.05, 3.63) is 68.7 Å². The molecule has 2 aromatic carbocycles. The summed E-state index contributed by atoms with van der Waals surface area (Å²) >= 11 is 5.72. The Kier molecular flexibility index (Phi) is 5.60. The minimum atomic E-state index is -3.48. The lowest BCUT2D eigenvalue weighted by Gasteiger charge is -2.11. The maximum atomic E-state index is 12.3. The molecule has 1 amide bonds. The van der Waals surface area contributed by atoms with Crippen LogP contribution in [0.4, 0.5) is 11.4 Å². The number of rotatable bonds is 6. The zero-order valence-electron chi connectivity index (χ0n) is 13.0. The van der Waals surface area contributed by atoms with Crippen molar-refractivity contribution < 1.29 is 18.1 Å². The van der Waals surface area contributed by atoms with Gasteiger partial charge in [-0.15, -0.1) is 0 Å². The van der Waals surface area contributed by atoms with Gasteiger partial charge in [0.05, 0.1) is 16.9 Å². The van der Waals surface area contributed by atoms with Gasteiger partial charge in [-0.3, -0.25) is 19.6 Å². The van der Waals surface area contributed by atoms with Crippen LogP contribution in [0.5, 0.6) is 0 Å². The number of nitro groups is 1. The van der Waals surface area contributed by atoms with Crippen molar-refractivity contribution in [2.45, 2.75) is 6.54 Å². The number of anilines is 1. The molecule has 0 unspecified atom stereocenters. The van der Waals surface area contributed by atoms with E-state index in [1.807, 2.05) is 0 Å². The average Bonchev–Trinajstić information content (AvgIpc) is 2.52. The molecule has 0 radical (unpaired) electrons. The molecule has 0 aliphatic heterocycles. The van der Waals surface area contributed by atoms with Gasteiger partial charge >= 0.3 is 0 Å². The predicted octanol–water partition coefficient (Wildman–Crippen LogP) is 2.55. The number of carbonyl (C=O) groups excluding carboxylic acids is 1. The molecular formula is C15H14ClN3O5S. The van der Waals surface area contributed by atoms with Crippen LogP contribution in [0.25, 0.3) is 0 Å². The van der Waals surface area contributed by atoms with E-state index in [9.17, 15) is 23.3 Å². The van der Waals surface area contributed by atoms with Gasteiger partial charge in [0.25, 0.3) is 11.6 Å². The number of sulfonamides is 1. The molecule has 0 bridgehead atoms. The van der Waals surface area contributed by atoms with E-state index in [2.05, 4.69) is 10.0 Å². The molecule has 25 heavy (non-hydrogen) atoms. The van der Waals surface area contributed by atoms with Gasteiger partial charge in [-0.05, 0) is 23.8 Å². The van der Waals surface area contributed by atoms with Crippen molar-refractivity contribution >= 4 is 38.9 Å². The van der Waals surface area contributed by atoms with E-state index >= 15 is 0 Å². The van der Waals surface area contributed by atoms with Crippen molar-refractivity contribution in [1.29, 1.82) is 0 Å². The van der Waals surface area contributed by atoms with Crippen molar-refractivity contribution in [3.63, 3.8) is 0 Å². The molecule has 0 heterocycles. The molecule has 132 valence electrons. The fraction of sp³-hybridized carbons (Fsp3) is 0.133. The summed E-state index contributed by atoms with van der Waals surface area (Å²) in [4.78, 5) is 22.6. The number of hydrogen-bond donors (Lipinski definition) is 2. The van der Waals surface area contributed by atoms with Gasteiger partial charge in [-0.1, -0.05) is 29.8 Å². The smallest absolute Gasteiger partial charge is 0.283 e. The Bertz CT molecular complexity index is 931. The number of nitro benzene ring substituents is 1. The Balaban J connectivity index is 2.20. The fourth-order valence-corrected chi connectivity index (χ4v) is 2.86. The minimum absolute atomic E-state index is 0.0166. The summed E-state index contributed by atoms with van der Waals surface area (Å²) in [5.74, 6) is -0.669. The van der Waals surface area contributed by atoms with E-state index in [4.69, 9.17) is 11.6 Å². The summed E-state index contributed by atoms with van der Waals surface area (Å²) < 4.78 is 25.1. The highest BCUT2D eigenvalue weighted by atomic mass is 35.5. The van der Waals surface area contributed by atoms with E-state index < -0.39 is 26.5 Å². The normalized spacial score (nSPS) is 11.0. The molecule has 0 spiro atoms. The Morgan fingerprint density at radius 1 is 1.24 bits per heavy atom. The molecule has 0 aromatic heterocycles. The number of amides is 1. The van der Waals surface area contributed by atoms with Crippen molar-refractivity contribution in [2.24, 2.45) is 0 Å². The standard InChI is InChI=1S/C15H14ClN3O5S/c1-25(23,24)18-13-5-3-2-4-10(13)9-17-15(20)12-7-6-11(16)8-14(12)19(21)22/h2-8,18H,9H2,1H3,(H,17,20). The third kappa shape index (κ3) is 5.16. The SMILES string of the molecule is CS(=O)(=O)Nc1ccccc1CNC(=O)c1ccc(Cl)cc1[N+](=O)[O-]. The first kappa shape index (κ1) is 18.7. The lowest BCUT2D eigenvalue weighted by molar-refractivity contribution is -0.385. The van der Waals surface area contributed by atoms with Crippen LogP contribution in [0.1, 0.15) is 15.9 Å². The Labute approximate surface area is 149 Å². The lowest BCUT2D eigenvalue weighted by Crippen LogP contribution is -2.24. The van der Waals surface area contributed by atoms with Crippen molar-refractivity contribution in [1.82, 2.24) is 5.32 Å². The van der Waals surface area contributed by atoms with Gasteiger partial charge in [0.2, 0.25) is 10.0 Å². The van der Waals surface area contributed by atoms with Crippen molar-refractivity contribution in [2.75, 3.05) is 11.0 Å². The van der Waals surface area contributed by atoms with Gasteiger partial charge in [0.15, 0.2) is 0 Å². The molecule has 10 heteroatoms. The first-order valence-electron chi connectivity index (χ1n) is 6.95. The largest absolute Gasteiger partial charge is 0.348 e. The van der Waals surface area contributed by atoms with Crippen LogP contribution in [0.2, 0.25) is 5.02 Å². The summed E-state index contributed by atoms with van der Waals surface area (Å²) in [6.45, 7) is -0.0166. The molecule has 2 rings (SSSR count). The second-order valence-corrected chi connectivity index (χ2v) is 7.32. The number of nitrogens with zero attached hydrogens (tertiary/aromatic N) is 1. The molecular weight excluding hydrogens is 370 g/mol. The summed E-state index contributed by atoms with van der Waals surface area (Å²) in [7, 11) is -3.48. The van der Waals surface area contributed by atoms with Crippen LogP contribution in [0.15, 0.2) is 42.5 Å². The van der Waals surface area contributed by atoms with E-state index in [0.29, 0.717) is 11.3 Å². The molecule has 0 saturated heterocycles. The van der Waals surface area contributed by atoms with Crippen LogP contribution in [0.3, 0.4) is 0 Å². The number of halogens is 1. The molecule has 8 nitrogen and oxygen atoms in total. The Morgan fingerprint density at radius 3 is 2.56 bits per heavy atom. The monoisotopic (exact) mass is 383 g/mol. The summed E-state index contributed by atoms with van der Waals surface area (Å²) in [5, 5.41) is 13.7. The van der Waals surface area contributed by atoms with E-state index in [1.54, 1.807) is 24.3 Å². The maximum Gasteiger partial charge on any atom is 0.283 e. The van der Waals surface area contributed by atoms with Crippen LogP contribution >= 0.6 is 11.6 Å². The van der Waals surface area contributed by atoms with Crippen LogP contribution in [-0.2, 0) is 16.6 Å². The topological polar surface area (TPSA) is 118 Å². The molecule has 0 saturated carbocycles. The minimum Gasteiger partial charge on any atom is -0.348 e. The lowest BCUT2D eigenvalue weighted by atomic mass is 10.1. The second kappa shape index (κ2) is 7.49. The number of hydrogen-bond acceptors (Lipinski definition) is 5. The molecule has 2 N–H and O–H groups in total. The van der Waals surface area contributed by atoms with E-state index in [-0.39, 0.29) is 17.1 Å². The number of para-hydroxylation sites is 1. The highest BCUT2D eigenvalue weighted by molar-refractivity contribution is 7.92. The van der Waals surface area contributed by atoms with E-state index in [1.165, 1.54) is 12.1 Å². The Hall–Kier alpha value is -2.65. The van der Waals surface area contributed by atoms with Gasteiger partial charge < -0.3 is 5.32 Å². The Morgan fingerprint density at radius 2 is 1.92 bits per heavy atom. The molecule has 0 aliphatic carbocycles. The average molecular weight is 384 g/mol. The predicted molar refractivity (Wildman–Crippen MR) is 94.2 cm³/mol. The van der Waals surface area contributed by atoms with Gasteiger partial charge in [-0.25, -0.2) is 8.42 Å². The molecule has 0 atom stereocenters. The van der Waals surface area contributed by atoms with Gasteiger partial charge in [0.1, 0.15) is 5.56 Å². The number of benzene rings is 2. The molecule has 0 fully saturated rings. The van der Waals surface area contributed by atoms with Gasteiger partial charge in [0, 0.05) is 17.6 Å². The third-order valence-corrected chi connectivity index (χ3v) is 3.98. The van der Waals surface area contributed by atoms with E-state index in [0.717, 1.165) is 12.3 Å². The fourth-order valence-electron chi connectivity index (χ4n) is 2.09. The zero-order valence-corrected chi connectivity index (χ0v) is 14.6. The summed E-state index contributed by atoms with van der Waals surface area (Å²) in [5.41, 5.74) is 0.282. The molecule has 0 aliphatic rings. The zero-order chi connectivity index (χ0) is 18.6. The van der Waals surface area contributed by atoms with Crippen molar-refractivity contribution in [3.8, 4) is 0 Å². The van der Waals surface area contributed by atoms with Crippen LogP contribution in [0, 0.1) is 10.1 Å². The summed E-state index contributed by atoms with van der Waals surface area (Å²) in [6, 6.07) is 10.2. The first-order valence-corrected chi connectivity index (χ1v) is 9.22. The highest BCUT2D eigenvalue weighted by Gasteiger charge is 2.20. The van der Waals surface area contributed by atoms with Gasteiger partial charge in [-0.2, -0.15) is 0 Å². The quantitative estimate of drug-likeness (QED) is 0.587. The number of nitrogens with one attached hydrogen (secondary N) is 2. The number of carbonyl (C=O) groups is 1. The maximum absolute atomic E-state index is 12.3. The van der Waals surface area contributed by atoms with Crippen LogP contribution < -0.4 is 10.0 Å². The molecule has 2 aromatic rings. The highest BCUT2D eigenvalue weighted by Crippen LogP contribution is 2.23. The summed E-state index contributed by atoms with van der Waals surface area (Å²) in [6.07, 6.45) is 1.01. The first-order chi connectivity index (χ1) is 11.7. The second-order valence-electron chi connectivity index (χ2n) is 5.13.